The van der Waals surface area contributed by atoms with Crippen molar-refractivity contribution in [1.82, 2.24) is 10.2 Å². The van der Waals surface area contributed by atoms with Gasteiger partial charge in [0.25, 0.3) is 11.8 Å². The topological polar surface area (TPSA) is 86.4 Å². The monoisotopic (exact) mass is 559 g/mol. The first-order chi connectivity index (χ1) is 20.0. The summed E-state index contributed by atoms with van der Waals surface area (Å²) in [6.07, 6.45) is 0. The Morgan fingerprint density at radius 2 is 1.51 bits per heavy atom. The second-order valence-corrected chi connectivity index (χ2v) is 9.81. The van der Waals surface area contributed by atoms with Gasteiger partial charge in [-0.15, -0.1) is 0 Å². The highest BCUT2D eigenvalue weighted by Crippen LogP contribution is 2.31. The number of methoxy groups -OCH3 is 1. The molecule has 0 saturated carbocycles. The van der Waals surface area contributed by atoms with E-state index in [4.69, 9.17) is 9.47 Å². The van der Waals surface area contributed by atoms with Gasteiger partial charge in [0.05, 0.1) is 18.4 Å². The molecule has 0 atom stereocenters. The van der Waals surface area contributed by atoms with Crippen LogP contribution in [0.3, 0.4) is 0 Å². The first-order valence-electron chi connectivity index (χ1n) is 14.3. The van der Waals surface area contributed by atoms with Crippen molar-refractivity contribution < 1.29 is 19.1 Å². The van der Waals surface area contributed by atoms with E-state index in [0.717, 1.165) is 62.9 Å². The zero-order chi connectivity index (χ0) is 29.0. The summed E-state index contributed by atoms with van der Waals surface area (Å²) >= 11 is 0. The summed E-state index contributed by atoms with van der Waals surface area (Å²) < 4.78 is 11.1. The van der Waals surface area contributed by atoms with Gasteiger partial charge in [-0.2, -0.15) is 0 Å². The Balaban J connectivity index is 1.47. The Kier molecular flexibility index (Phi) is 10.8. The molecular formula is C32H41N5O4. The molecule has 1 fully saturated rings. The Morgan fingerprint density at radius 1 is 0.854 bits per heavy atom. The highest BCUT2D eigenvalue weighted by Gasteiger charge is 2.24. The van der Waals surface area contributed by atoms with Gasteiger partial charge >= 0.3 is 0 Å². The highest BCUT2D eigenvalue weighted by molar-refractivity contribution is 6.02. The molecule has 0 radical (unpaired) electrons. The summed E-state index contributed by atoms with van der Waals surface area (Å²) in [4.78, 5) is 32.9. The molecule has 0 spiro atoms. The zero-order valence-corrected chi connectivity index (χ0v) is 24.3. The smallest absolute Gasteiger partial charge is 0.262 e. The van der Waals surface area contributed by atoms with Crippen LogP contribution in [0.2, 0.25) is 0 Å². The quantitative estimate of drug-likeness (QED) is 0.326. The second-order valence-electron chi connectivity index (χ2n) is 9.81. The molecule has 4 rings (SSSR count). The van der Waals surface area contributed by atoms with E-state index in [0.29, 0.717) is 23.5 Å². The number of hydrogen-bond acceptors (Lipinski definition) is 7. The number of hydrogen-bond donors (Lipinski definition) is 2. The van der Waals surface area contributed by atoms with Crippen LogP contribution in [-0.2, 0) is 4.79 Å². The lowest BCUT2D eigenvalue weighted by Gasteiger charge is -2.38. The van der Waals surface area contributed by atoms with Gasteiger partial charge in [-0.3, -0.25) is 9.59 Å². The maximum absolute atomic E-state index is 13.5. The summed E-state index contributed by atoms with van der Waals surface area (Å²) in [5.41, 5.74) is 3.01. The van der Waals surface area contributed by atoms with Gasteiger partial charge in [-0.25, -0.2) is 0 Å². The summed E-state index contributed by atoms with van der Waals surface area (Å²) in [6, 6.07) is 22.8. The molecule has 1 heterocycles. The lowest BCUT2D eigenvalue weighted by Crippen LogP contribution is -2.47. The third-order valence-electron chi connectivity index (χ3n) is 7.29. The number of benzene rings is 3. The van der Waals surface area contributed by atoms with Gasteiger partial charge in [0, 0.05) is 50.6 Å². The summed E-state index contributed by atoms with van der Waals surface area (Å²) in [7, 11) is 1.69. The van der Waals surface area contributed by atoms with Gasteiger partial charge in [0.15, 0.2) is 6.61 Å². The maximum atomic E-state index is 13.5. The number of likely N-dealkylation sites (N-methyl/N-ethyl adjacent to an activating group) is 1. The summed E-state index contributed by atoms with van der Waals surface area (Å²) in [5, 5.41) is 5.96. The average molecular weight is 560 g/mol. The molecule has 0 bridgehead atoms. The Morgan fingerprint density at radius 3 is 2.20 bits per heavy atom. The molecule has 218 valence electrons. The molecule has 0 unspecified atom stereocenters. The number of nitrogens with zero attached hydrogens (tertiary/aromatic N) is 3. The SMILES string of the molecule is CCN(CC)CCNC(=O)c1cc(NC(=O)COc2ccccc2)ccc1N1CCN(c2ccccc2OC)CC1. The van der Waals surface area contributed by atoms with Gasteiger partial charge in [-0.1, -0.05) is 44.2 Å². The first-order valence-corrected chi connectivity index (χ1v) is 14.3. The van der Waals surface area contributed by atoms with Crippen molar-refractivity contribution in [3.8, 4) is 11.5 Å². The van der Waals surface area contributed by atoms with Crippen LogP contribution in [0.1, 0.15) is 24.2 Å². The Bertz CT molecular complexity index is 1270. The predicted octanol–water partition coefficient (Wildman–Crippen LogP) is 4.11. The van der Waals surface area contributed by atoms with Crippen LogP contribution in [0.25, 0.3) is 0 Å². The molecule has 1 aliphatic rings. The van der Waals surface area contributed by atoms with Crippen LogP contribution in [0, 0.1) is 0 Å². The van der Waals surface area contributed by atoms with Crippen molar-refractivity contribution >= 4 is 28.9 Å². The molecule has 0 aromatic heterocycles. The number of amides is 2. The van der Waals surface area contributed by atoms with Crippen molar-refractivity contribution in [3.63, 3.8) is 0 Å². The number of carbonyl (C=O) groups excluding carboxylic acids is 2. The lowest BCUT2D eigenvalue weighted by molar-refractivity contribution is -0.118. The van der Waals surface area contributed by atoms with Crippen molar-refractivity contribution in [2.45, 2.75) is 13.8 Å². The minimum absolute atomic E-state index is 0.123. The fraction of sp³-hybridized carbons (Fsp3) is 0.375. The molecule has 3 aromatic rings. The zero-order valence-electron chi connectivity index (χ0n) is 24.3. The number of rotatable bonds is 13. The van der Waals surface area contributed by atoms with Crippen molar-refractivity contribution in [2.75, 3.05) is 81.2 Å². The lowest BCUT2D eigenvalue weighted by atomic mass is 10.1. The molecule has 1 aliphatic heterocycles. The molecule has 9 nitrogen and oxygen atoms in total. The normalized spacial score (nSPS) is 13.2. The van der Waals surface area contributed by atoms with Gasteiger partial charge in [0.2, 0.25) is 0 Å². The first kappa shape index (κ1) is 29.7. The van der Waals surface area contributed by atoms with E-state index in [1.165, 1.54) is 0 Å². The van der Waals surface area contributed by atoms with Crippen LogP contribution >= 0.6 is 0 Å². The van der Waals surface area contributed by atoms with Gasteiger partial charge < -0.3 is 34.8 Å². The third-order valence-corrected chi connectivity index (χ3v) is 7.29. The summed E-state index contributed by atoms with van der Waals surface area (Å²) in [5.74, 6) is 1.03. The van der Waals surface area contributed by atoms with E-state index in [-0.39, 0.29) is 18.4 Å². The van der Waals surface area contributed by atoms with Crippen LogP contribution < -0.4 is 29.9 Å². The van der Waals surface area contributed by atoms with E-state index in [9.17, 15) is 9.59 Å². The number of anilines is 3. The van der Waals surface area contributed by atoms with Crippen molar-refractivity contribution in [1.29, 1.82) is 0 Å². The van der Waals surface area contributed by atoms with Crippen LogP contribution in [0.4, 0.5) is 17.1 Å². The molecular weight excluding hydrogens is 518 g/mol. The molecule has 0 aliphatic carbocycles. The van der Waals surface area contributed by atoms with E-state index >= 15 is 0 Å². The molecule has 9 heteroatoms. The standard InChI is InChI=1S/C32H41N5O4/c1-4-35(5-2)18-17-33-32(39)27-23-25(34-31(38)24-41-26-11-7-6-8-12-26)15-16-28(27)36-19-21-37(22-20-36)29-13-9-10-14-30(29)40-3/h6-16,23H,4-5,17-22,24H2,1-3H3,(H,33,39)(H,34,38). The number of piperazine rings is 1. The van der Waals surface area contributed by atoms with E-state index in [2.05, 4.69) is 45.2 Å². The van der Waals surface area contributed by atoms with E-state index < -0.39 is 0 Å². The Labute approximate surface area is 243 Å². The predicted molar refractivity (Wildman–Crippen MR) is 165 cm³/mol. The summed E-state index contributed by atoms with van der Waals surface area (Å²) in [6.45, 7) is 10.4. The van der Waals surface area contributed by atoms with Gasteiger partial charge in [0.1, 0.15) is 11.5 Å². The van der Waals surface area contributed by atoms with Crippen LogP contribution in [0.15, 0.2) is 72.8 Å². The molecule has 1 saturated heterocycles. The van der Waals surface area contributed by atoms with E-state index in [1.807, 2.05) is 48.5 Å². The largest absolute Gasteiger partial charge is 0.495 e. The molecule has 2 N–H and O–H groups in total. The van der Waals surface area contributed by atoms with Crippen molar-refractivity contribution in [3.05, 3.63) is 78.4 Å². The number of para-hydroxylation sites is 3. The number of ether oxygens (including phenoxy) is 2. The minimum Gasteiger partial charge on any atom is -0.495 e. The second kappa shape index (κ2) is 14.9. The molecule has 2 amide bonds. The number of carbonyl (C=O) groups is 2. The number of nitrogens with one attached hydrogen (secondary N) is 2. The average Bonchev–Trinajstić information content (AvgIpc) is 3.02. The molecule has 3 aromatic carbocycles. The van der Waals surface area contributed by atoms with Crippen LogP contribution in [0.5, 0.6) is 11.5 Å². The minimum atomic E-state index is -0.292. The van der Waals surface area contributed by atoms with Crippen molar-refractivity contribution in [2.24, 2.45) is 0 Å². The highest BCUT2D eigenvalue weighted by atomic mass is 16.5. The van der Waals surface area contributed by atoms with Crippen LogP contribution in [-0.4, -0.2) is 82.8 Å². The van der Waals surface area contributed by atoms with E-state index in [1.54, 1.807) is 25.3 Å². The third kappa shape index (κ3) is 8.14. The maximum Gasteiger partial charge on any atom is 0.262 e. The van der Waals surface area contributed by atoms with Gasteiger partial charge in [-0.05, 0) is 55.6 Å². The Hall–Kier alpha value is -4.24. The molecule has 41 heavy (non-hydrogen) atoms. The fourth-order valence-corrected chi connectivity index (χ4v) is 4.98. The fourth-order valence-electron chi connectivity index (χ4n) is 4.98.